The van der Waals surface area contributed by atoms with Crippen molar-refractivity contribution in [2.45, 2.75) is 31.2 Å². The van der Waals surface area contributed by atoms with Gasteiger partial charge < -0.3 is 14.2 Å². The lowest BCUT2D eigenvalue weighted by molar-refractivity contribution is -0.148. The van der Waals surface area contributed by atoms with Crippen LogP contribution in [-0.2, 0) is 16.1 Å². The third kappa shape index (κ3) is 4.76. The lowest BCUT2D eigenvalue weighted by Crippen LogP contribution is -2.37. The number of carbonyl (C=O) groups excluding carboxylic acids is 1. The summed E-state index contributed by atoms with van der Waals surface area (Å²) in [5.74, 6) is 1.03. The minimum Gasteiger partial charge on any atom is -0.466 e. The highest BCUT2D eigenvalue weighted by Crippen LogP contribution is 2.28. The van der Waals surface area contributed by atoms with Gasteiger partial charge in [-0.05, 0) is 62.4 Å². The Morgan fingerprint density at radius 2 is 1.87 bits per heavy atom. The molecule has 11 nitrogen and oxygen atoms in total. The molecular formula is C27H27N7O4S. The van der Waals surface area contributed by atoms with Crippen LogP contribution in [0.2, 0.25) is 0 Å². The van der Waals surface area contributed by atoms with Gasteiger partial charge in [-0.1, -0.05) is 17.3 Å². The second-order valence-electron chi connectivity index (χ2n) is 9.28. The number of ether oxygens (including phenoxy) is 1. The molecule has 1 saturated heterocycles. The van der Waals surface area contributed by atoms with Gasteiger partial charge in [0.25, 0.3) is 0 Å². The van der Waals surface area contributed by atoms with Gasteiger partial charge in [-0.3, -0.25) is 4.79 Å². The smallest absolute Gasteiger partial charge is 0.351 e. The molecule has 12 heteroatoms. The van der Waals surface area contributed by atoms with Crippen molar-refractivity contribution in [2.24, 2.45) is 5.92 Å². The first-order chi connectivity index (χ1) is 19.1. The van der Waals surface area contributed by atoms with Crippen LogP contribution >= 0.6 is 11.8 Å². The van der Waals surface area contributed by atoms with Crippen molar-refractivity contribution in [2.75, 3.05) is 30.9 Å². The van der Waals surface area contributed by atoms with Gasteiger partial charge in [-0.15, -0.1) is 16.9 Å². The summed E-state index contributed by atoms with van der Waals surface area (Å²) >= 11 is 1.66. The molecule has 0 aliphatic carbocycles. The van der Waals surface area contributed by atoms with Crippen LogP contribution in [0, 0.1) is 5.92 Å². The number of fused-ring (bicyclic) bond motifs is 3. The van der Waals surface area contributed by atoms with Crippen molar-refractivity contribution < 1.29 is 14.1 Å². The molecule has 4 heterocycles. The predicted molar refractivity (Wildman–Crippen MR) is 147 cm³/mol. The van der Waals surface area contributed by atoms with Crippen LogP contribution in [0.1, 0.15) is 25.7 Å². The number of benzene rings is 2. The van der Waals surface area contributed by atoms with Crippen LogP contribution in [0.5, 0.6) is 0 Å². The van der Waals surface area contributed by atoms with E-state index in [1.807, 2.05) is 61.7 Å². The van der Waals surface area contributed by atoms with Gasteiger partial charge in [0.15, 0.2) is 5.82 Å². The maximum absolute atomic E-state index is 13.6. The summed E-state index contributed by atoms with van der Waals surface area (Å²) in [5.41, 5.74) is 2.29. The fourth-order valence-corrected chi connectivity index (χ4v) is 5.30. The van der Waals surface area contributed by atoms with Crippen LogP contribution in [-0.4, -0.2) is 61.2 Å². The van der Waals surface area contributed by atoms with E-state index in [4.69, 9.17) is 14.2 Å². The van der Waals surface area contributed by atoms with E-state index in [9.17, 15) is 9.59 Å². The number of aromatic nitrogens is 6. The van der Waals surface area contributed by atoms with Gasteiger partial charge in [-0.2, -0.15) is 4.98 Å². The summed E-state index contributed by atoms with van der Waals surface area (Å²) in [5, 5.41) is 8.76. The van der Waals surface area contributed by atoms with Crippen LogP contribution in [0.4, 0.5) is 5.82 Å². The van der Waals surface area contributed by atoms with E-state index in [1.165, 1.54) is 4.68 Å². The number of rotatable bonds is 7. The van der Waals surface area contributed by atoms with Crippen LogP contribution in [0.25, 0.3) is 28.1 Å². The van der Waals surface area contributed by atoms with Gasteiger partial charge in [0.2, 0.25) is 17.4 Å². The Balaban J connectivity index is 1.33. The van der Waals surface area contributed by atoms with Crippen molar-refractivity contribution in [3.63, 3.8) is 0 Å². The molecule has 0 spiro atoms. The Hall–Kier alpha value is -4.19. The lowest BCUT2D eigenvalue weighted by Gasteiger charge is -2.31. The van der Waals surface area contributed by atoms with Crippen LogP contribution in [0.15, 0.2) is 62.7 Å². The number of esters is 1. The molecule has 0 N–H and O–H groups in total. The first-order valence-corrected chi connectivity index (χ1v) is 14.0. The number of hydrogen-bond donors (Lipinski definition) is 0. The first-order valence-electron chi connectivity index (χ1n) is 12.8. The average Bonchev–Trinajstić information content (AvgIpc) is 3.57. The number of hydrogen-bond acceptors (Lipinski definition) is 10. The molecular weight excluding hydrogens is 518 g/mol. The van der Waals surface area contributed by atoms with E-state index >= 15 is 0 Å². The molecule has 0 bridgehead atoms. The van der Waals surface area contributed by atoms with Gasteiger partial charge in [-0.25, -0.2) is 18.9 Å². The van der Waals surface area contributed by atoms with Gasteiger partial charge in [0.05, 0.1) is 23.6 Å². The zero-order valence-electron chi connectivity index (χ0n) is 21.6. The molecule has 1 aliphatic heterocycles. The third-order valence-corrected chi connectivity index (χ3v) is 7.65. The van der Waals surface area contributed by atoms with E-state index in [2.05, 4.69) is 20.1 Å². The van der Waals surface area contributed by atoms with E-state index in [0.717, 1.165) is 10.5 Å². The van der Waals surface area contributed by atoms with Crippen molar-refractivity contribution in [1.29, 1.82) is 0 Å². The molecule has 2 aromatic carbocycles. The number of para-hydroxylation sites is 2. The van der Waals surface area contributed by atoms with Gasteiger partial charge in [0.1, 0.15) is 6.54 Å². The molecule has 0 unspecified atom stereocenters. The summed E-state index contributed by atoms with van der Waals surface area (Å²) < 4.78 is 13.6. The van der Waals surface area contributed by atoms with Crippen molar-refractivity contribution >= 4 is 40.2 Å². The fourth-order valence-electron chi connectivity index (χ4n) is 4.89. The maximum atomic E-state index is 13.6. The fraction of sp³-hybridized carbons (Fsp3) is 0.333. The molecule has 0 atom stereocenters. The highest BCUT2D eigenvalue weighted by atomic mass is 32.2. The molecule has 0 radical (unpaired) electrons. The summed E-state index contributed by atoms with van der Waals surface area (Å²) in [7, 11) is 0. The lowest BCUT2D eigenvalue weighted by atomic mass is 9.97. The average molecular weight is 546 g/mol. The number of thioether (sulfide) groups is 1. The van der Waals surface area contributed by atoms with Crippen molar-refractivity contribution in [3.05, 3.63) is 64.9 Å². The van der Waals surface area contributed by atoms with Crippen LogP contribution < -0.4 is 10.6 Å². The quantitative estimate of drug-likeness (QED) is 0.221. The van der Waals surface area contributed by atoms with Crippen molar-refractivity contribution in [1.82, 2.24) is 29.3 Å². The number of nitrogens with zero attached hydrogens (tertiary/aromatic N) is 7. The molecule has 0 saturated carbocycles. The summed E-state index contributed by atoms with van der Waals surface area (Å²) in [6.07, 6.45) is 3.31. The zero-order valence-corrected chi connectivity index (χ0v) is 22.4. The number of piperidine rings is 1. The van der Waals surface area contributed by atoms with Crippen molar-refractivity contribution in [3.8, 4) is 11.4 Å². The highest BCUT2D eigenvalue weighted by Gasteiger charge is 2.29. The Kier molecular flexibility index (Phi) is 6.77. The SMILES string of the molecule is CCOC(=O)C1CCN(c2nc3ccccc3n3c(=O)n(Cc4nc(-c5ccc(SC)cc5)no4)nc23)CC1. The molecule has 6 rings (SSSR count). The minimum absolute atomic E-state index is 0.0229. The standard InChI is InChI=1S/C27H27N7O4S/c1-3-37-26(35)18-12-14-32(15-13-18)24-25-30-33(27(36)34(25)21-7-5-4-6-20(21)28-24)16-22-29-23(31-38-22)17-8-10-19(39-2)11-9-17/h4-11,18H,3,12-16H2,1-2H3. The van der Waals surface area contributed by atoms with E-state index in [0.29, 0.717) is 60.9 Å². The van der Waals surface area contributed by atoms with E-state index < -0.39 is 0 Å². The summed E-state index contributed by atoms with van der Waals surface area (Å²) in [6, 6.07) is 15.3. The molecule has 3 aromatic heterocycles. The number of carbonyl (C=O) groups is 1. The highest BCUT2D eigenvalue weighted by molar-refractivity contribution is 7.98. The Bertz CT molecular complexity index is 1700. The molecule has 200 valence electrons. The largest absolute Gasteiger partial charge is 0.466 e. The first kappa shape index (κ1) is 25.1. The minimum atomic E-state index is -0.324. The zero-order chi connectivity index (χ0) is 26.9. The molecule has 0 amide bonds. The van der Waals surface area contributed by atoms with E-state index in [1.54, 1.807) is 16.2 Å². The molecule has 1 aliphatic rings. The monoisotopic (exact) mass is 545 g/mol. The second-order valence-corrected chi connectivity index (χ2v) is 10.2. The summed E-state index contributed by atoms with van der Waals surface area (Å²) in [4.78, 5) is 38.4. The second kappa shape index (κ2) is 10.5. The van der Waals surface area contributed by atoms with Gasteiger partial charge in [0, 0.05) is 23.5 Å². The molecule has 1 fully saturated rings. The van der Waals surface area contributed by atoms with Crippen LogP contribution in [0.3, 0.4) is 0 Å². The molecule has 5 aromatic rings. The third-order valence-electron chi connectivity index (χ3n) is 6.90. The Morgan fingerprint density at radius 3 is 2.62 bits per heavy atom. The maximum Gasteiger partial charge on any atom is 0.351 e. The van der Waals surface area contributed by atoms with Gasteiger partial charge >= 0.3 is 11.7 Å². The topological polar surface area (TPSA) is 121 Å². The normalized spacial score (nSPS) is 14.4. The Morgan fingerprint density at radius 1 is 1.10 bits per heavy atom. The Labute approximate surface area is 227 Å². The predicted octanol–water partition coefficient (Wildman–Crippen LogP) is 3.64. The molecule has 39 heavy (non-hydrogen) atoms. The number of anilines is 1. The summed E-state index contributed by atoms with van der Waals surface area (Å²) in [6.45, 7) is 3.42. The van der Waals surface area contributed by atoms with E-state index in [-0.39, 0.29) is 30.0 Å².